The first-order chi connectivity index (χ1) is 12.5. The Bertz CT molecular complexity index is 730. The molecule has 0 saturated carbocycles. The monoisotopic (exact) mass is 371 g/mol. The van der Waals surface area contributed by atoms with E-state index < -0.39 is 6.10 Å². The van der Waals surface area contributed by atoms with Crippen molar-refractivity contribution in [2.75, 3.05) is 12.3 Å². The van der Waals surface area contributed by atoms with E-state index in [9.17, 15) is 4.79 Å². The number of hydrogen-bond acceptors (Lipinski definition) is 3. The highest BCUT2D eigenvalue weighted by molar-refractivity contribution is 7.98. The topological polar surface area (TPSA) is 38.3 Å². The minimum atomic E-state index is -0.446. The second kappa shape index (κ2) is 10.3. The quantitative estimate of drug-likeness (QED) is 0.642. The fourth-order valence-electron chi connectivity index (χ4n) is 2.59. The summed E-state index contributed by atoms with van der Waals surface area (Å²) >= 11 is 1.83. The third kappa shape index (κ3) is 6.10. The smallest absolute Gasteiger partial charge is 0.261 e. The lowest BCUT2D eigenvalue weighted by Gasteiger charge is -2.18. The summed E-state index contributed by atoms with van der Waals surface area (Å²) in [5.74, 6) is 2.57. The molecule has 1 N–H and O–H groups in total. The number of ether oxygens (including phenoxy) is 1. The number of nitrogens with one attached hydrogen (secondary N) is 1. The van der Waals surface area contributed by atoms with Crippen molar-refractivity contribution in [1.82, 2.24) is 5.32 Å². The number of hydrogen-bond donors (Lipinski definition) is 1. The van der Waals surface area contributed by atoms with E-state index >= 15 is 0 Å². The molecule has 1 amide bonds. The predicted molar refractivity (Wildman–Crippen MR) is 111 cm³/mol. The number of carbonyl (C=O) groups excluding carboxylic acids is 1. The second-order valence-electron chi connectivity index (χ2n) is 6.53. The molecule has 0 saturated heterocycles. The van der Waals surface area contributed by atoms with Crippen LogP contribution < -0.4 is 10.1 Å². The van der Waals surface area contributed by atoms with Gasteiger partial charge in [0.1, 0.15) is 5.75 Å². The lowest BCUT2D eigenvalue weighted by atomic mass is 10.1. The molecule has 0 radical (unpaired) electrons. The van der Waals surface area contributed by atoms with Crippen molar-refractivity contribution in [3.05, 3.63) is 64.7 Å². The van der Waals surface area contributed by atoms with Crippen LogP contribution in [-0.4, -0.2) is 24.3 Å². The van der Waals surface area contributed by atoms with Gasteiger partial charge in [-0.1, -0.05) is 37.3 Å². The molecule has 0 fully saturated rings. The minimum Gasteiger partial charge on any atom is -0.481 e. The SMILES string of the molecule is CC[C@H](Oc1ccc(C)c(C)c1)C(=O)NCCSCc1ccccc1C. The number of thioether (sulfide) groups is 1. The maximum atomic E-state index is 12.4. The average molecular weight is 372 g/mol. The molecule has 0 aromatic heterocycles. The Labute approximate surface area is 161 Å². The van der Waals surface area contributed by atoms with Crippen molar-refractivity contribution >= 4 is 17.7 Å². The van der Waals surface area contributed by atoms with E-state index in [-0.39, 0.29) is 5.91 Å². The zero-order valence-electron chi connectivity index (χ0n) is 16.2. The molecule has 2 rings (SSSR count). The van der Waals surface area contributed by atoms with Crippen LogP contribution in [0.1, 0.15) is 35.6 Å². The van der Waals surface area contributed by atoms with Crippen LogP contribution in [0.4, 0.5) is 0 Å². The van der Waals surface area contributed by atoms with Crippen LogP contribution in [0.15, 0.2) is 42.5 Å². The maximum Gasteiger partial charge on any atom is 0.261 e. The van der Waals surface area contributed by atoms with E-state index in [0.717, 1.165) is 17.3 Å². The van der Waals surface area contributed by atoms with Crippen molar-refractivity contribution in [3.63, 3.8) is 0 Å². The van der Waals surface area contributed by atoms with Gasteiger partial charge >= 0.3 is 0 Å². The maximum absolute atomic E-state index is 12.4. The Kier molecular flexibility index (Phi) is 8.05. The highest BCUT2D eigenvalue weighted by Crippen LogP contribution is 2.19. The summed E-state index contributed by atoms with van der Waals surface area (Å²) in [6.07, 6.45) is 0.202. The van der Waals surface area contributed by atoms with Gasteiger partial charge in [0.05, 0.1) is 0 Å². The van der Waals surface area contributed by atoms with E-state index in [0.29, 0.717) is 13.0 Å². The molecule has 3 nitrogen and oxygen atoms in total. The van der Waals surface area contributed by atoms with Crippen LogP contribution in [0, 0.1) is 20.8 Å². The zero-order chi connectivity index (χ0) is 18.9. The third-order valence-corrected chi connectivity index (χ3v) is 5.49. The molecule has 0 heterocycles. The van der Waals surface area contributed by atoms with Crippen LogP contribution >= 0.6 is 11.8 Å². The largest absolute Gasteiger partial charge is 0.481 e. The summed E-state index contributed by atoms with van der Waals surface area (Å²) in [5.41, 5.74) is 5.07. The van der Waals surface area contributed by atoms with Crippen LogP contribution in [0.2, 0.25) is 0 Å². The van der Waals surface area contributed by atoms with E-state index in [1.807, 2.05) is 36.9 Å². The molecule has 0 spiro atoms. The van der Waals surface area contributed by atoms with Crippen LogP contribution in [0.5, 0.6) is 5.75 Å². The minimum absolute atomic E-state index is 0.0396. The first kappa shape index (κ1) is 20.4. The summed E-state index contributed by atoms with van der Waals surface area (Å²) in [6, 6.07) is 14.4. The Balaban J connectivity index is 1.74. The van der Waals surface area contributed by atoms with Gasteiger partial charge in [-0.05, 0) is 61.6 Å². The summed E-state index contributed by atoms with van der Waals surface area (Å²) in [6.45, 7) is 8.88. The Morgan fingerprint density at radius 1 is 1.08 bits per heavy atom. The fraction of sp³-hybridized carbons (Fsp3) is 0.409. The Hall–Kier alpha value is -1.94. The summed E-state index contributed by atoms with van der Waals surface area (Å²) < 4.78 is 5.88. The molecule has 0 unspecified atom stereocenters. The van der Waals surface area contributed by atoms with Crippen molar-refractivity contribution in [3.8, 4) is 5.75 Å². The molecule has 1 atom stereocenters. The van der Waals surface area contributed by atoms with Gasteiger partial charge in [-0.2, -0.15) is 11.8 Å². The van der Waals surface area contributed by atoms with Crippen molar-refractivity contribution in [2.24, 2.45) is 0 Å². The molecule has 2 aromatic rings. The number of carbonyl (C=O) groups is 1. The van der Waals surface area contributed by atoms with E-state index in [2.05, 4.69) is 50.4 Å². The molecule has 140 valence electrons. The summed E-state index contributed by atoms with van der Waals surface area (Å²) in [4.78, 5) is 12.4. The molecule has 0 aliphatic rings. The Morgan fingerprint density at radius 2 is 1.85 bits per heavy atom. The standard InChI is InChI=1S/C22H29NO2S/c1-5-21(25-20-11-10-16(2)18(4)14-20)22(24)23-12-13-26-15-19-9-7-6-8-17(19)3/h6-11,14,21H,5,12-13,15H2,1-4H3,(H,23,24)/t21-/m0/s1. The van der Waals surface area contributed by atoms with E-state index in [1.54, 1.807) is 0 Å². The fourth-order valence-corrected chi connectivity index (χ4v) is 3.52. The molecule has 26 heavy (non-hydrogen) atoms. The van der Waals surface area contributed by atoms with Gasteiger partial charge in [0.25, 0.3) is 5.91 Å². The van der Waals surface area contributed by atoms with Crippen LogP contribution in [0.3, 0.4) is 0 Å². The number of rotatable bonds is 9. The highest BCUT2D eigenvalue weighted by atomic mass is 32.2. The summed E-state index contributed by atoms with van der Waals surface area (Å²) in [5, 5.41) is 3.00. The number of amides is 1. The van der Waals surface area contributed by atoms with Crippen LogP contribution in [0.25, 0.3) is 0 Å². The van der Waals surface area contributed by atoms with Gasteiger partial charge in [-0.15, -0.1) is 0 Å². The zero-order valence-corrected chi connectivity index (χ0v) is 17.0. The van der Waals surface area contributed by atoms with Crippen molar-refractivity contribution < 1.29 is 9.53 Å². The molecule has 0 bridgehead atoms. The molecular formula is C22H29NO2S. The second-order valence-corrected chi connectivity index (χ2v) is 7.64. The molecule has 0 aliphatic heterocycles. The predicted octanol–water partition coefficient (Wildman–Crippen LogP) is 4.82. The van der Waals surface area contributed by atoms with Gasteiger partial charge in [-0.3, -0.25) is 4.79 Å². The Morgan fingerprint density at radius 3 is 2.54 bits per heavy atom. The lowest BCUT2D eigenvalue weighted by molar-refractivity contribution is -0.127. The molecule has 2 aromatic carbocycles. The average Bonchev–Trinajstić information content (AvgIpc) is 2.63. The van der Waals surface area contributed by atoms with Gasteiger partial charge in [0, 0.05) is 18.1 Å². The first-order valence-electron chi connectivity index (χ1n) is 9.15. The van der Waals surface area contributed by atoms with E-state index in [1.165, 1.54) is 22.3 Å². The molecular weight excluding hydrogens is 342 g/mol. The van der Waals surface area contributed by atoms with E-state index in [4.69, 9.17) is 4.74 Å². The molecule has 4 heteroatoms. The summed E-state index contributed by atoms with van der Waals surface area (Å²) in [7, 11) is 0. The third-order valence-electron chi connectivity index (χ3n) is 4.48. The highest BCUT2D eigenvalue weighted by Gasteiger charge is 2.18. The van der Waals surface area contributed by atoms with Gasteiger partial charge < -0.3 is 10.1 Å². The first-order valence-corrected chi connectivity index (χ1v) is 10.3. The van der Waals surface area contributed by atoms with Crippen LogP contribution in [-0.2, 0) is 10.5 Å². The van der Waals surface area contributed by atoms with Gasteiger partial charge in [-0.25, -0.2) is 0 Å². The molecule has 0 aliphatic carbocycles. The van der Waals surface area contributed by atoms with Crippen molar-refractivity contribution in [2.45, 2.75) is 46.0 Å². The van der Waals surface area contributed by atoms with Gasteiger partial charge in [0.2, 0.25) is 0 Å². The van der Waals surface area contributed by atoms with Gasteiger partial charge in [0.15, 0.2) is 6.10 Å². The number of benzene rings is 2. The number of aryl methyl sites for hydroxylation is 3. The van der Waals surface area contributed by atoms with Crippen molar-refractivity contribution in [1.29, 1.82) is 0 Å². The lowest BCUT2D eigenvalue weighted by Crippen LogP contribution is -2.39. The normalized spacial score (nSPS) is 11.8.